The van der Waals surface area contributed by atoms with Crippen molar-refractivity contribution in [2.45, 2.75) is 58.5 Å². The van der Waals surface area contributed by atoms with Gasteiger partial charge in [-0.1, -0.05) is 6.92 Å². The standard InChI is InChI=1S/C16H28N4O/c1-3-8-17-14(2)7-11-20-16(21)12-15(13-18-20)19-9-5-4-6-10-19/h12-14,17H,3-11H2,1-2H3. The number of anilines is 1. The zero-order valence-electron chi connectivity index (χ0n) is 13.3. The fraction of sp³-hybridized carbons (Fsp3) is 0.750. The molecule has 1 aliphatic rings. The normalized spacial score (nSPS) is 17.0. The topological polar surface area (TPSA) is 50.2 Å². The molecule has 1 aliphatic heterocycles. The summed E-state index contributed by atoms with van der Waals surface area (Å²) >= 11 is 0. The minimum Gasteiger partial charge on any atom is -0.370 e. The van der Waals surface area contributed by atoms with Crippen molar-refractivity contribution in [2.24, 2.45) is 0 Å². The number of hydrogen-bond donors (Lipinski definition) is 1. The number of rotatable bonds is 7. The van der Waals surface area contributed by atoms with Gasteiger partial charge in [-0.25, -0.2) is 4.68 Å². The van der Waals surface area contributed by atoms with Crippen LogP contribution < -0.4 is 15.8 Å². The van der Waals surface area contributed by atoms with E-state index in [-0.39, 0.29) is 5.56 Å². The number of aromatic nitrogens is 2. The Balaban J connectivity index is 1.91. The quantitative estimate of drug-likeness (QED) is 0.835. The molecule has 118 valence electrons. The van der Waals surface area contributed by atoms with Gasteiger partial charge in [0.05, 0.1) is 11.9 Å². The molecule has 1 N–H and O–H groups in total. The van der Waals surface area contributed by atoms with E-state index in [1.807, 2.05) is 6.20 Å². The zero-order valence-corrected chi connectivity index (χ0v) is 13.3. The molecular weight excluding hydrogens is 264 g/mol. The highest BCUT2D eigenvalue weighted by atomic mass is 16.1. The summed E-state index contributed by atoms with van der Waals surface area (Å²) in [5.41, 5.74) is 0.994. The Hall–Kier alpha value is -1.36. The maximum absolute atomic E-state index is 12.2. The Morgan fingerprint density at radius 3 is 2.76 bits per heavy atom. The highest BCUT2D eigenvalue weighted by Crippen LogP contribution is 2.16. The number of hydrogen-bond acceptors (Lipinski definition) is 4. The lowest BCUT2D eigenvalue weighted by molar-refractivity contribution is 0.448. The van der Waals surface area contributed by atoms with E-state index < -0.39 is 0 Å². The van der Waals surface area contributed by atoms with Crippen molar-refractivity contribution in [1.82, 2.24) is 15.1 Å². The van der Waals surface area contributed by atoms with Crippen LogP contribution in [0.4, 0.5) is 5.69 Å². The third-order valence-electron chi connectivity index (χ3n) is 4.09. The van der Waals surface area contributed by atoms with Gasteiger partial charge in [0.25, 0.3) is 5.56 Å². The molecule has 0 radical (unpaired) electrons. The van der Waals surface area contributed by atoms with E-state index in [0.717, 1.165) is 38.2 Å². The van der Waals surface area contributed by atoms with Crippen LogP contribution in [0.2, 0.25) is 0 Å². The van der Waals surface area contributed by atoms with E-state index in [2.05, 4.69) is 29.2 Å². The molecule has 0 amide bonds. The highest BCUT2D eigenvalue weighted by Gasteiger charge is 2.12. The second-order valence-electron chi connectivity index (χ2n) is 5.97. The third kappa shape index (κ3) is 4.84. The Labute approximate surface area is 127 Å². The first-order valence-corrected chi connectivity index (χ1v) is 8.26. The molecule has 5 heteroatoms. The van der Waals surface area contributed by atoms with Crippen LogP contribution in [0, 0.1) is 0 Å². The van der Waals surface area contributed by atoms with E-state index in [9.17, 15) is 4.79 Å². The molecular formula is C16H28N4O. The van der Waals surface area contributed by atoms with Gasteiger partial charge in [0, 0.05) is 31.7 Å². The van der Waals surface area contributed by atoms with Gasteiger partial charge in [0.1, 0.15) is 0 Å². The largest absolute Gasteiger partial charge is 0.370 e. The molecule has 0 aliphatic carbocycles. The van der Waals surface area contributed by atoms with Crippen molar-refractivity contribution in [3.05, 3.63) is 22.6 Å². The van der Waals surface area contributed by atoms with Crippen LogP contribution in [0.3, 0.4) is 0 Å². The lowest BCUT2D eigenvalue weighted by atomic mass is 10.1. The molecule has 0 bridgehead atoms. The fourth-order valence-electron chi connectivity index (χ4n) is 2.73. The predicted octanol–water partition coefficient (Wildman–Crippen LogP) is 2.01. The van der Waals surface area contributed by atoms with Gasteiger partial charge in [-0.15, -0.1) is 0 Å². The average Bonchev–Trinajstić information content (AvgIpc) is 2.52. The molecule has 0 saturated carbocycles. The van der Waals surface area contributed by atoms with E-state index in [4.69, 9.17) is 0 Å². The second-order valence-corrected chi connectivity index (χ2v) is 5.97. The third-order valence-corrected chi connectivity index (χ3v) is 4.09. The second kappa shape index (κ2) is 8.17. The van der Waals surface area contributed by atoms with Gasteiger partial charge in [-0.3, -0.25) is 4.79 Å². The summed E-state index contributed by atoms with van der Waals surface area (Å²) in [5, 5.41) is 7.77. The van der Waals surface area contributed by atoms with Crippen LogP contribution in [0.5, 0.6) is 0 Å². The first-order chi connectivity index (χ1) is 10.2. The molecule has 1 fully saturated rings. The van der Waals surface area contributed by atoms with Crippen molar-refractivity contribution < 1.29 is 0 Å². The summed E-state index contributed by atoms with van der Waals surface area (Å²) in [5.74, 6) is 0. The van der Waals surface area contributed by atoms with Gasteiger partial charge in [0.15, 0.2) is 0 Å². The smallest absolute Gasteiger partial charge is 0.268 e. The summed E-state index contributed by atoms with van der Waals surface area (Å²) in [6.45, 7) is 8.11. The monoisotopic (exact) mass is 292 g/mol. The summed E-state index contributed by atoms with van der Waals surface area (Å²) in [7, 11) is 0. The van der Waals surface area contributed by atoms with Crippen LogP contribution in [-0.4, -0.2) is 35.5 Å². The minimum absolute atomic E-state index is 0.0146. The number of nitrogens with zero attached hydrogens (tertiary/aromatic N) is 3. The molecule has 1 aromatic rings. The van der Waals surface area contributed by atoms with Crippen LogP contribution in [-0.2, 0) is 6.54 Å². The fourth-order valence-corrected chi connectivity index (χ4v) is 2.73. The van der Waals surface area contributed by atoms with Crippen LogP contribution in [0.1, 0.15) is 46.0 Å². The molecule has 1 saturated heterocycles. The summed E-state index contributed by atoms with van der Waals surface area (Å²) in [6, 6.07) is 2.16. The molecule has 2 heterocycles. The Bertz CT molecular complexity index is 479. The maximum atomic E-state index is 12.2. The SMILES string of the molecule is CCCNC(C)CCn1ncc(N2CCCCC2)cc1=O. The number of piperidine rings is 1. The zero-order chi connectivity index (χ0) is 15.1. The predicted molar refractivity (Wildman–Crippen MR) is 86.9 cm³/mol. The lowest BCUT2D eigenvalue weighted by Crippen LogP contribution is -2.33. The lowest BCUT2D eigenvalue weighted by Gasteiger charge is -2.28. The van der Waals surface area contributed by atoms with Crippen LogP contribution >= 0.6 is 0 Å². The van der Waals surface area contributed by atoms with Gasteiger partial charge >= 0.3 is 0 Å². The van der Waals surface area contributed by atoms with Crippen molar-refractivity contribution in [3.8, 4) is 0 Å². The molecule has 1 aromatic heterocycles. The van der Waals surface area contributed by atoms with E-state index >= 15 is 0 Å². The molecule has 0 spiro atoms. The molecule has 2 rings (SSSR count). The van der Waals surface area contributed by atoms with E-state index in [0.29, 0.717) is 12.6 Å². The molecule has 5 nitrogen and oxygen atoms in total. The molecule has 0 aromatic carbocycles. The van der Waals surface area contributed by atoms with Crippen molar-refractivity contribution in [3.63, 3.8) is 0 Å². The summed E-state index contributed by atoms with van der Waals surface area (Å²) < 4.78 is 1.58. The minimum atomic E-state index is 0.0146. The molecule has 21 heavy (non-hydrogen) atoms. The Morgan fingerprint density at radius 2 is 2.10 bits per heavy atom. The molecule has 1 atom stereocenters. The van der Waals surface area contributed by atoms with E-state index in [1.54, 1.807) is 10.7 Å². The average molecular weight is 292 g/mol. The Morgan fingerprint density at radius 1 is 1.33 bits per heavy atom. The molecule has 1 unspecified atom stereocenters. The number of nitrogens with one attached hydrogen (secondary N) is 1. The number of aryl methyl sites for hydroxylation is 1. The van der Waals surface area contributed by atoms with Crippen LogP contribution in [0.15, 0.2) is 17.1 Å². The van der Waals surface area contributed by atoms with Crippen LogP contribution in [0.25, 0.3) is 0 Å². The van der Waals surface area contributed by atoms with Crippen molar-refractivity contribution >= 4 is 5.69 Å². The van der Waals surface area contributed by atoms with Gasteiger partial charge in [-0.05, 0) is 45.6 Å². The highest BCUT2D eigenvalue weighted by molar-refractivity contribution is 5.43. The van der Waals surface area contributed by atoms with Gasteiger partial charge < -0.3 is 10.2 Å². The van der Waals surface area contributed by atoms with Gasteiger partial charge in [0.2, 0.25) is 0 Å². The summed E-state index contributed by atoms with van der Waals surface area (Å²) in [6.07, 6.45) is 7.62. The first-order valence-electron chi connectivity index (χ1n) is 8.26. The Kier molecular flexibility index (Phi) is 6.23. The van der Waals surface area contributed by atoms with E-state index in [1.165, 1.54) is 19.3 Å². The maximum Gasteiger partial charge on any atom is 0.268 e. The summed E-state index contributed by atoms with van der Waals surface area (Å²) in [4.78, 5) is 14.4. The van der Waals surface area contributed by atoms with Crippen molar-refractivity contribution in [2.75, 3.05) is 24.5 Å². The van der Waals surface area contributed by atoms with Crippen molar-refractivity contribution in [1.29, 1.82) is 0 Å². The van der Waals surface area contributed by atoms with Gasteiger partial charge in [-0.2, -0.15) is 5.10 Å². The first kappa shape index (κ1) is 16.0.